The van der Waals surface area contributed by atoms with Crippen LogP contribution in [-0.2, 0) is 16.0 Å². The Labute approximate surface area is 163 Å². The third kappa shape index (κ3) is 4.41. The summed E-state index contributed by atoms with van der Waals surface area (Å²) in [4.78, 5) is 13.1. The van der Waals surface area contributed by atoms with Gasteiger partial charge in [-0.05, 0) is 37.8 Å². The number of benzene rings is 1. The second kappa shape index (κ2) is 8.39. The van der Waals surface area contributed by atoms with Crippen molar-refractivity contribution in [2.75, 3.05) is 13.2 Å². The first kappa shape index (κ1) is 20.5. The van der Waals surface area contributed by atoms with E-state index in [0.717, 1.165) is 6.07 Å². The van der Waals surface area contributed by atoms with Gasteiger partial charge >= 0.3 is 0 Å². The summed E-state index contributed by atoms with van der Waals surface area (Å²) < 4.78 is 38.0. The van der Waals surface area contributed by atoms with E-state index >= 15 is 0 Å². The summed E-state index contributed by atoms with van der Waals surface area (Å²) in [6.07, 6.45) is 1.50. The molecule has 1 N–H and O–H groups in total. The molecule has 1 amide bonds. The molecule has 28 heavy (non-hydrogen) atoms. The molecule has 2 heterocycles. The molecule has 2 aromatic rings. The fraction of sp³-hybridized carbons (Fsp3) is 0.524. The van der Waals surface area contributed by atoms with E-state index in [1.807, 2.05) is 6.92 Å². The van der Waals surface area contributed by atoms with Gasteiger partial charge in [-0.3, -0.25) is 4.79 Å². The number of rotatable bonds is 6. The molecule has 0 bridgehead atoms. The molecule has 5 nitrogen and oxygen atoms in total. The molecule has 1 fully saturated rings. The van der Waals surface area contributed by atoms with Crippen LogP contribution >= 0.6 is 0 Å². The zero-order chi connectivity index (χ0) is 20.3. The van der Waals surface area contributed by atoms with Crippen molar-refractivity contribution in [2.45, 2.75) is 46.1 Å². The Morgan fingerprint density at radius 1 is 1.21 bits per heavy atom. The molecular weight excluding hydrogens is 366 g/mol. The minimum absolute atomic E-state index is 0.0251. The second-order valence-electron chi connectivity index (χ2n) is 7.88. The lowest BCUT2D eigenvalue weighted by molar-refractivity contribution is -0.138. The first-order valence-electron chi connectivity index (χ1n) is 9.60. The smallest absolute Gasteiger partial charge is 0.227 e. The summed E-state index contributed by atoms with van der Waals surface area (Å²) in [5.41, 5.74) is -0.208. The van der Waals surface area contributed by atoms with Crippen LogP contribution in [0.25, 0.3) is 11.3 Å². The molecular formula is C21H26F2N2O3. The minimum Gasteiger partial charge on any atom is -0.381 e. The number of nitrogens with one attached hydrogen (secondary N) is 1. The van der Waals surface area contributed by atoms with Gasteiger partial charge in [0.25, 0.3) is 0 Å². The second-order valence-corrected chi connectivity index (χ2v) is 7.88. The van der Waals surface area contributed by atoms with Crippen molar-refractivity contribution in [2.24, 2.45) is 11.3 Å². The predicted molar refractivity (Wildman–Crippen MR) is 100 cm³/mol. The van der Waals surface area contributed by atoms with Crippen molar-refractivity contribution in [1.29, 1.82) is 0 Å². The van der Waals surface area contributed by atoms with Crippen molar-refractivity contribution >= 4 is 5.91 Å². The Balaban J connectivity index is 1.82. The first-order chi connectivity index (χ1) is 13.3. The van der Waals surface area contributed by atoms with Crippen LogP contribution in [0.5, 0.6) is 0 Å². The van der Waals surface area contributed by atoms with Crippen LogP contribution in [0.2, 0.25) is 0 Å². The Bertz CT molecular complexity index is 829. The number of amides is 1. The minimum atomic E-state index is -0.705. The van der Waals surface area contributed by atoms with Gasteiger partial charge in [-0.2, -0.15) is 0 Å². The third-order valence-electron chi connectivity index (χ3n) is 5.57. The molecule has 1 aromatic carbocycles. The SMILES string of the molecule is CC(C)[C@H](C)NC(=O)C1(Cc2cc(-c3ccc(F)cc3F)no2)CCOCC1. The molecule has 0 radical (unpaired) electrons. The summed E-state index contributed by atoms with van der Waals surface area (Å²) in [7, 11) is 0. The molecule has 7 heteroatoms. The Kier molecular flexibility index (Phi) is 6.13. The first-order valence-corrected chi connectivity index (χ1v) is 9.60. The highest BCUT2D eigenvalue weighted by molar-refractivity contribution is 5.83. The predicted octanol–water partition coefficient (Wildman–Crippen LogP) is 4.12. The highest BCUT2D eigenvalue weighted by Crippen LogP contribution is 2.36. The number of ether oxygens (including phenoxy) is 1. The molecule has 0 aliphatic carbocycles. The molecule has 3 rings (SSSR count). The summed E-state index contributed by atoms with van der Waals surface area (Å²) >= 11 is 0. The quantitative estimate of drug-likeness (QED) is 0.803. The maximum atomic E-state index is 14.0. The molecule has 0 spiro atoms. The summed E-state index contributed by atoms with van der Waals surface area (Å²) in [5, 5.41) is 7.03. The fourth-order valence-electron chi connectivity index (χ4n) is 3.33. The standard InChI is InChI=1S/C21H26F2N2O3/c1-13(2)14(3)24-20(26)21(6-8-27-9-7-21)12-16-11-19(25-28-16)17-5-4-15(22)10-18(17)23/h4-5,10-11,13-14H,6-9,12H2,1-3H3,(H,24,26)/t14-/m0/s1. The van der Waals surface area contributed by atoms with E-state index in [1.165, 1.54) is 12.1 Å². The number of hydrogen-bond donors (Lipinski definition) is 1. The van der Waals surface area contributed by atoms with Crippen LogP contribution in [0, 0.1) is 23.0 Å². The fourth-order valence-corrected chi connectivity index (χ4v) is 3.33. The van der Waals surface area contributed by atoms with Crippen molar-refractivity contribution in [3.05, 3.63) is 41.7 Å². The number of nitrogens with zero attached hydrogens (tertiary/aromatic N) is 1. The average Bonchev–Trinajstić information content (AvgIpc) is 3.10. The van der Waals surface area contributed by atoms with E-state index in [0.29, 0.717) is 44.2 Å². The number of aromatic nitrogens is 1. The van der Waals surface area contributed by atoms with Crippen molar-refractivity contribution in [3.8, 4) is 11.3 Å². The topological polar surface area (TPSA) is 64.4 Å². The molecule has 1 saturated heterocycles. The summed E-state index contributed by atoms with van der Waals surface area (Å²) in [5.74, 6) is -0.568. The van der Waals surface area contributed by atoms with E-state index in [9.17, 15) is 13.6 Å². The highest BCUT2D eigenvalue weighted by Gasteiger charge is 2.41. The Morgan fingerprint density at radius 2 is 1.93 bits per heavy atom. The lowest BCUT2D eigenvalue weighted by atomic mass is 9.75. The van der Waals surface area contributed by atoms with Crippen molar-refractivity contribution in [3.63, 3.8) is 0 Å². The summed E-state index contributed by atoms with van der Waals surface area (Å²) in [6, 6.07) is 4.98. The van der Waals surface area contributed by atoms with Gasteiger partial charge in [-0.15, -0.1) is 0 Å². The zero-order valence-corrected chi connectivity index (χ0v) is 16.4. The van der Waals surface area contributed by atoms with E-state index in [2.05, 4.69) is 24.3 Å². The van der Waals surface area contributed by atoms with E-state index < -0.39 is 17.0 Å². The van der Waals surface area contributed by atoms with Crippen molar-refractivity contribution in [1.82, 2.24) is 10.5 Å². The van der Waals surface area contributed by atoms with Gasteiger partial charge in [0.05, 0.1) is 5.41 Å². The van der Waals surface area contributed by atoms with Crippen LogP contribution in [0.15, 0.2) is 28.8 Å². The number of carbonyl (C=O) groups is 1. The molecule has 1 aliphatic rings. The molecule has 1 aliphatic heterocycles. The molecule has 152 valence electrons. The van der Waals surface area contributed by atoms with Crippen LogP contribution in [0.1, 0.15) is 39.4 Å². The monoisotopic (exact) mass is 392 g/mol. The van der Waals surface area contributed by atoms with Gasteiger partial charge in [-0.1, -0.05) is 19.0 Å². The zero-order valence-electron chi connectivity index (χ0n) is 16.4. The lowest BCUT2D eigenvalue weighted by Gasteiger charge is -2.36. The van der Waals surface area contributed by atoms with Crippen LogP contribution in [-0.4, -0.2) is 30.3 Å². The third-order valence-corrected chi connectivity index (χ3v) is 5.57. The average molecular weight is 392 g/mol. The number of hydrogen-bond acceptors (Lipinski definition) is 4. The van der Waals surface area contributed by atoms with E-state index in [1.54, 1.807) is 6.07 Å². The van der Waals surface area contributed by atoms with Gasteiger partial charge < -0.3 is 14.6 Å². The molecule has 1 aromatic heterocycles. The van der Waals surface area contributed by atoms with Gasteiger partial charge in [-0.25, -0.2) is 8.78 Å². The molecule has 0 saturated carbocycles. The van der Waals surface area contributed by atoms with Crippen LogP contribution in [0.3, 0.4) is 0 Å². The van der Waals surface area contributed by atoms with Crippen LogP contribution in [0.4, 0.5) is 8.78 Å². The molecule has 0 unspecified atom stereocenters. The van der Waals surface area contributed by atoms with E-state index in [-0.39, 0.29) is 23.2 Å². The number of carbonyl (C=O) groups excluding carboxylic acids is 1. The summed E-state index contributed by atoms with van der Waals surface area (Å²) in [6.45, 7) is 7.09. The Hall–Kier alpha value is -2.28. The maximum Gasteiger partial charge on any atom is 0.227 e. The van der Waals surface area contributed by atoms with E-state index in [4.69, 9.17) is 9.26 Å². The highest BCUT2D eigenvalue weighted by atomic mass is 19.1. The number of halogens is 2. The van der Waals surface area contributed by atoms with Crippen molar-refractivity contribution < 1.29 is 22.8 Å². The lowest BCUT2D eigenvalue weighted by Crippen LogP contribution is -2.49. The molecule has 1 atom stereocenters. The largest absolute Gasteiger partial charge is 0.381 e. The Morgan fingerprint density at radius 3 is 2.57 bits per heavy atom. The normalized spacial score (nSPS) is 17.5. The van der Waals surface area contributed by atoms with Crippen LogP contribution < -0.4 is 5.32 Å². The van der Waals surface area contributed by atoms with Gasteiger partial charge in [0.2, 0.25) is 5.91 Å². The van der Waals surface area contributed by atoms with Gasteiger partial charge in [0, 0.05) is 43.4 Å². The maximum absolute atomic E-state index is 14.0. The van der Waals surface area contributed by atoms with Gasteiger partial charge in [0.15, 0.2) is 0 Å². The van der Waals surface area contributed by atoms with Gasteiger partial charge in [0.1, 0.15) is 23.1 Å².